The van der Waals surface area contributed by atoms with Gasteiger partial charge < -0.3 is 5.11 Å². The van der Waals surface area contributed by atoms with Gasteiger partial charge in [0.1, 0.15) is 0 Å². The molecule has 1 nitrogen and oxygen atoms in total. The molecular formula is C12H24O. The predicted molar refractivity (Wildman–Crippen MR) is 56.7 cm³/mol. The van der Waals surface area contributed by atoms with E-state index in [-0.39, 0.29) is 6.10 Å². The van der Waals surface area contributed by atoms with E-state index in [0.717, 1.165) is 24.7 Å². The van der Waals surface area contributed by atoms with Gasteiger partial charge in [0.05, 0.1) is 6.10 Å². The van der Waals surface area contributed by atoms with Crippen LogP contribution in [0.25, 0.3) is 0 Å². The average molecular weight is 184 g/mol. The van der Waals surface area contributed by atoms with Crippen LogP contribution < -0.4 is 0 Å². The van der Waals surface area contributed by atoms with Gasteiger partial charge in [0.2, 0.25) is 0 Å². The van der Waals surface area contributed by atoms with Crippen molar-refractivity contribution in [1.82, 2.24) is 0 Å². The van der Waals surface area contributed by atoms with Crippen molar-refractivity contribution >= 4 is 0 Å². The molecule has 0 aromatic rings. The van der Waals surface area contributed by atoms with Crippen LogP contribution in [0.1, 0.15) is 58.8 Å². The van der Waals surface area contributed by atoms with E-state index in [9.17, 15) is 5.11 Å². The molecule has 0 amide bonds. The van der Waals surface area contributed by atoms with Crippen LogP contribution in [-0.2, 0) is 0 Å². The Kier molecular flexibility index (Phi) is 4.79. The molecule has 1 rings (SSSR count). The molecule has 0 saturated heterocycles. The second-order valence-electron chi connectivity index (χ2n) is 4.51. The molecule has 2 atom stereocenters. The van der Waals surface area contributed by atoms with Crippen LogP contribution >= 0.6 is 0 Å². The molecular weight excluding hydrogens is 160 g/mol. The molecule has 0 aromatic carbocycles. The minimum atomic E-state index is -0.00639. The topological polar surface area (TPSA) is 20.2 Å². The lowest BCUT2D eigenvalue weighted by Gasteiger charge is -2.24. The van der Waals surface area contributed by atoms with Crippen molar-refractivity contribution in [3.8, 4) is 0 Å². The SMILES string of the molecule is CCC(CC)C1CCCCC(O)C1. The van der Waals surface area contributed by atoms with Crippen LogP contribution in [0.15, 0.2) is 0 Å². The Morgan fingerprint density at radius 3 is 2.38 bits per heavy atom. The first-order valence-corrected chi connectivity index (χ1v) is 5.96. The van der Waals surface area contributed by atoms with Gasteiger partial charge in [0.25, 0.3) is 0 Å². The van der Waals surface area contributed by atoms with Gasteiger partial charge >= 0.3 is 0 Å². The van der Waals surface area contributed by atoms with Crippen molar-refractivity contribution < 1.29 is 5.11 Å². The van der Waals surface area contributed by atoms with Crippen LogP contribution in [0, 0.1) is 11.8 Å². The number of hydrogen-bond donors (Lipinski definition) is 1. The fraction of sp³-hybridized carbons (Fsp3) is 1.00. The Hall–Kier alpha value is -0.0400. The highest BCUT2D eigenvalue weighted by atomic mass is 16.3. The lowest BCUT2D eigenvalue weighted by atomic mass is 9.82. The predicted octanol–water partition coefficient (Wildman–Crippen LogP) is 3.36. The van der Waals surface area contributed by atoms with E-state index < -0.39 is 0 Å². The maximum Gasteiger partial charge on any atom is 0.0543 e. The van der Waals surface area contributed by atoms with Crippen molar-refractivity contribution in [2.75, 3.05) is 0 Å². The van der Waals surface area contributed by atoms with Gasteiger partial charge in [0.15, 0.2) is 0 Å². The minimum Gasteiger partial charge on any atom is -0.393 e. The zero-order valence-electron chi connectivity index (χ0n) is 9.13. The maximum atomic E-state index is 9.70. The summed E-state index contributed by atoms with van der Waals surface area (Å²) >= 11 is 0. The van der Waals surface area contributed by atoms with E-state index in [4.69, 9.17) is 0 Å². The zero-order chi connectivity index (χ0) is 9.68. The molecule has 0 bridgehead atoms. The minimum absolute atomic E-state index is 0.00639. The summed E-state index contributed by atoms with van der Waals surface area (Å²) in [6, 6.07) is 0. The van der Waals surface area contributed by atoms with Crippen molar-refractivity contribution in [2.24, 2.45) is 11.8 Å². The fourth-order valence-electron chi connectivity index (χ4n) is 2.76. The van der Waals surface area contributed by atoms with E-state index in [1.165, 1.54) is 32.1 Å². The van der Waals surface area contributed by atoms with Gasteiger partial charge in [-0.2, -0.15) is 0 Å². The molecule has 1 heteroatoms. The number of aliphatic hydroxyl groups is 1. The molecule has 1 aliphatic rings. The Morgan fingerprint density at radius 2 is 1.77 bits per heavy atom. The second-order valence-corrected chi connectivity index (χ2v) is 4.51. The van der Waals surface area contributed by atoms with E-state index in [1.807, 2.05) is 0 Å². The normalized spacial score (nSPS) is 30.5. The molecule has 1 saturated carbocycles. The summed E-state index contributed by atoms with van der Waals surface area (Å²) in [6.07, 6.45) is 8.58. The summed E-state index contributed by atoms with van der Waals surface area (Å²) in [5, 5.41) is 9.70. The van der Waals surface area contributed by atoms with Gasteiger partial charge in [-0.1, -0.05) is 46.0 Å². The number of hydrogen-bond acceptors (Lipinski definition) is 1. The molecule has 0 radical (unpaired) electrons. The van der Waals surface area contributed by atoms with Gasteiger partial charge in [-0.15, -0.1) is 0 Å². The van der Waals surface area contributed by atoms with Gasteiger partial charge in [-0.3, -0.25) is 0 Å². The summed E-state index contributed by atoms with van der Waals surface area (Å²) in [6.45, 7) is 4.57. The third-order valence-corrected chi connectivity index (χ3v) is 3.65. The smallest absolute Gasteiger partial charge is 0.0543 e. The van der Waals surface area contributed by atoms with Gasteiger partial charge in [0, 0.05) is 0 Å². The molecule has 0 heterocycles. The molecule has 1 N–H and O–H groups in total. The van der Waals surface area contributed by atoms with Crippen LogP contribution in [0.3, 0.4) is 0 Å². The van der Waals surface area contributed by atoms with Crippen LogP contribution in [0.4, 0.5) is 0 Å². The van der Waals surface area contributed by atoms with Gasteiger partial charge in [-0.25, -0.2) is 0 Å². The molecule has 0 aliphatic heterocycles. The van der Waals surface area contributed by atoms with Crippen molar-refractivity contribution in [3.05, 3.63) is 0 Å². The maximum absolute atomic E-state index is 9.70. The summed E-state index contributed by atoms with van der Waals surface area (Å²) in [7, 11) is 0. The molecule has 0 spiro atoms. The van der Waals surface area contributed by atoms with Crippen LogP contribution in [0.2, 0.25) is 0 Å². The first kappa shape index (κ1) is 11.0. The van der Waals surface area contributed by atoms with Crippen molar-refractivity contribution in [1.29, 1.82) is 0 Å². The highest BCUT2D eigenvalue weighted by molar-refractivity contribution is 4.75. The lowest BCUT2D eigenvalue weighted by molar-refractivity contribution is 0.123. The number of aliphatic hydroxyl groups excluding tert-OH is 1. The van der Waals surface area contributed by atoms with E-state index in [0.29, 0.717) is 0 Å². The summed E-state index contributed by atoms with van der Waals surface area (Å²) in [5.41, 5.74) is 0. The van der Waals surface area contributed by atoms with Gasteiger partial charge in [-0.05, 0) is 24.7 Å². The summed E-state index contributed by atoms with van der Waals surface area (Å²) in [5.74, 6) is 1.65. The molecule has 13 heavy (non-hydrogen) atoms. The summed E-state index contributed by atoms with van der Waals surface area (Å²) < 4.78 is 0. The van der Waals surface area contributed by atoms with Crippen LogP contribution in [0.5, 0.6) is 0 Å². The van der Waals surface area contributed by atoms with Crippen molar-refractivity contribution in [2.45, 2.75) is 64.9 Å². The largest absolute Gasteiger partial charge is 0.393 e. The Bertz CT molecular complexity index is 129. The zero-order valence-corrected chi connectivity index (χ0v) is 9.13. The third kappa shape index (κ3) is 3.30. The van der Waals surface area contributed by atoms with E-state index >= 15 is 0 Å². The lowest BCUT2D eigenvalue weighted by Crippen LogP contribution is -2.18. The Morgan fingerprint density at radius 1 is 1.15 bits per heavy atom. The molecule has 1 fully saturated rings. The monoisotopic (exact) mass is 184 g/mol. The quantitative estimate of drug-likeness (QED) is 0.667. The molecule has 0 aromatic heterocycles. The molecule has 1 aliphatic carbocycles. The Balaban J connectivity index is 2.45. The standard InChI is InChI=1S/C12H24O/c1-3-10(4-2)11-7-5-6-8-12(13)9-11/h10-13H,3-9H2,1-2H3. The second kappa shape index (κ2) is 5.64. The first-order valence-electron chi connectivity index (χ1n) is 5.96. The molecule has 2 unspecified atom stereocenters. The fourth-order valence-corrected chi connectivity index (χ4v) is 2.76. The summed E-state index contributed by atoms with van der Waals surface area (Å²) in [4.78, 5) is 0. The van der Waals surface area contributed by atoms with Crippen LogP contribution in [-0.4, -0.2) is 11.2 Å². The van der Waals surface area contributed by atoms with E-state index in [1.54, 1.807) is 0 Å². The molecule has 78 valence electrons. The Labute approximate surface area is 82.5 Å². The van der Waals surface area contributed by atoms with E-state index in [2.05, 4.69) is 13.8 Å². The average Bonchev–Trinajstić information content (AvgIpc) is 2.32. The number of rotatable bonds is 3. The van der Waals surface area contributed by atoms with Crippen molar-refractivity contribution in [3.63, 3.8) is 0 Å². The highest BCUT2D eigenvalue weighted by Gasteiger charge is 2.23. The first-order chi connectivity index (χ1) is 6.27. The highest BCUT2D eigenvalue weighted by Crippen LogP contribution is 2.32. The third-order valence-electron chi connectivity index (χ3n) is 3.65.